The first kappa shape index (κ1) is 31.7. The summed E-state index contributed by atoms with van der Waals surface area (Å²) in [5.74, 6) is 0.916. The topological polar surface area (TPSA) is 21.3 Å². The number of benzene rings is 10. The van der Waals surface area contributed by atoms with Gasteiger partial charge in [0.1, 0.15) is 0 Å². The van der Waals surface area contributed by atoms with Crippen molar-refractivity contribution >= 4 is 38.0 Å². The van der Waals surface area contributed by atoms with Crippen LogP contribution in [0.2, 0.25) is 0 Å². The number of rotatable bonds is 3. The van der Waals surface area contributed by atoms with Crippen molar-refractivity contribution in [1.29, 1.82) is 0 Å². The van der Waals surface area contributed by atoms with E-state index in [2.05, 4.69) is 199 Å². The fourth-order valence-electron chi connectivity index (χ4n) is 10.5. The van der Waals surface area contributed by atoms with E-state index in [1.165, 1.54) is 93.7 Å². The van der Waals surface area contributed by atoms with E-state index >= 15 is 0 Å². The summed E-state index contributed by atoms with van der Waals surface area (Å²) in [5, 5.41) is 10.9. The maximum absolute atomic E-state index is 6.69. The fraction of sp³-hybridized carbons (Fsp3) is 0.0357. The third kappa shape index (κ3) is 4.32. The first-order valence-electron chi connectivity index (χ1n) is 20.2. The molecule has 58 heavy (non-hydrogen) atoms. The molecule has 0 fully saturated rings. The highest BCUT2D eigenvalue weighted by Gasteiger charge is 2.51. The molecule has 0 bridgehead atoms. The van der Waals surface area contributed by atoms with Crippen LogP contribution in [0, 0.1) is 0 Å². The maximum atomic E-state index is 6.69. The van der Waals surface area contributed by atoms with Crippen LogP contribution in [0.15, 0.2) is 200 Å². The van der Waals surface area contributed by atoms with E-state index in [1.807, 2.05) is 6.07 Å². The molecule has 10 aromatic carbocycles. The summed E-state index contributed by atoms with van der Waals surface area (Å²) in [6.07, 6.45) is -0.221. The Morgan fingerprint density at radius 3 is 1.76 bits per heavy atom. The lowest BCUT2D eigenvalue weighted by Crippen LogP contribution is -2.25. The molecule has 3 aliphatic rings. The molecule has 0 saturated carbocycles. The summed E-state index contributed by atoms with van der Waals surface area (Å²) < 4.78 is 6.69. The monoisotopic (exact) mass is 737 g/mol. The van der Waals surface area contributed by atoms with E-state index < -0.39 is 5.41 Å². The van der Waals surface area contributed by atoms with Gasteiger partial charge in [-0.2, -0.15) is 0 Å². The van der Waals surface area contributed by atoms with Crippen LogP contribution >= 0.6 is 0 Å². The van der Waals surface area contributed by atoms with Gasteiger partial charge in [-0.3, -0.25) is 0 Å². The molecule has 1 aliphatic heterocycles. The first-order valence-corrected chi connectivity index (χ1v) is 20.2. The fourth-order valence-corrected chi connectivity index (χ4v) is 10.5. The van der Waals surface area contributed by atoms with Crippen LogP contribution in [0.1, 0.15) is 34.0 Å². The Hall–Kier alpha value is -7.42. The van der Waals surface area contributed by atoms with Gasteiger partial charge in [0.25, 0.3) is 0 Å². The molecule has 13 rings (SSSR count). The second-order valence-corrected chi connectivity index (χ2v) is 16.0. The predicted molar refractivity (Wildman–Crippen MR) is 240 cm³/mol. The lowest BCUT2D eigenvalue weighted by atomic mass is 9.70. The molecule has 2 aliphatic carbocycles. The highest BCUT2D eigenvalue weighted by atomic mass is 16.5. The maximum Gasteiger partial charge on any atom is 0.196 e. The molecule has 2 nitrogen and oxygen atoms in total. The predicted octanol–water partition coefficient (Wildman–Crippen LogP) is 14.3. The van der Waals surface area contributed by atoms with Crippen molar-refractivity contribution < 1.29 is 4.74 Å². The van der Waals surface area contributed by atoms with E-state index in [0.29, 0.717) is 0 Å². The van der Waals surface area contributed by atoms with E-state index in [-0.39, 0.29) is 6.23 Å². The minimum Gasteiger partial charge on any atom is -0.464 e. The van der Waals surface area contributed by atoms with Crippen molar-refractivity contribution in [2.75, 3.05) is 5.32 Å². The van der Waals surface area contributed by atoms with E-state index in [1.54, 1.807) is 0 Å². The van der Waals surface area contributed by atoms with Gasteiger partial charge in [-0.25, -0.2) is 0 Å². The molecule has 1 heterocycles. The van der Waals surface area contributed by atoms with Crippen molar-refractivity contribution in [3.05, 3.63) is 228 Å². The molecule has 10 aromatic rings. The van der Waals surface area contributed by atoms with Gasteiger partial charge in [0.15, 0.2) is 12.0 Å². The Balaban J connectivity index is 0.967. The molecule has 0 amide bonds. The SMILES string of the molecule is c1ccc(C2Nc3ccc4ccc5ccc(-c6cccc(-c7ccc8c(c7)C7(c9ccccc9-c9ccccc97)c7cc9ccccc9cc7-8)c6)cc5c4c3O2)cc1. The summed E-state index contributed by atoms with van der Waals surface area (Å²) in [6, 6.07) is 74.1. The molecule has 1 spiro atoms. The summed E-state index contributed by atoms with van der Waals surface area (Å²) in [5.41, 5.74) is 17.2. The molecule has 1 atom stereocenters. The van der Waals surface area contributed by atoms with Crippen LogP contribution in [-0.2, 0) is 5.41 Å². The average Bonchev–Trinajstić information content (AvgIpc) is 3.95. The second-order valence-electron chi connectivity index (χ2n) is 16.0. The zero-order valence-electron chi connectivity index (χ0n) is 31.5. The summed E-state index contributed by atoms with van der Waals surface area (Å²) in [4.78, 5) is 0. The van der Waals surface area contributed by atoms with Crippen LogP contribution in [0.3, 0.4) is 0 Å². The molecule has 1 N–H and O–H groups in total. The van der Waals surface area contributed by atoms with E-state index in [0.717, 1.165) is 22.4 Å². The summed E-state index contributed by atoms with van der Waals surface area (Å²) in [6.45, 7) is 0. The highest BCUT2D eigenvalue weighted by Crippen LogP contribution is 2.63. The van der Waals surface area contributed by atoms with E-state index in [4.69, 9.17) is 4.74 Å². The molecule has 0 radical (unpaired) electrons. The molecular weight excluding hydrogens is 703 g/mol. The number of anilines is 1. The normalized spacial score (nSPS) is 15.1. The number of ether oxygens (including phenoxy) is 1. The zero-order chi connectivity index (χ0) is 38.0. The van der Waals surface area contributed by atoms with Crippen molar-refractivity contribution in [1.82, 2.24) is 0 Å². The van der Waals surface area contributed by atoms with Gasteiger partial charge < -0.3 is 10.1 Å². The Bertz CT molecular complexity index is 3320. The lowest BCUT2D eigenvalue weighted by molar-refractivity contribution is 0.263. The molecule has 0 aromatic heterocycles. The van der Waals surface area contributed by atoms with E-state index in [9.17, 15) is 0 Å². The zero-order valence-corrected chi connectivity index (χ0v) is 31.5. The minimum atomic E-state index is -0.411. The smallest absolute Gasteiger partial charge is 0.196 e. The Morgan fingerprint density at radius 1 is 0.379 bits per heavy atom. The van der Waals surface area contributed by atoms with Gasteiger partial charge >= 0.3 is 0 Å². The Kier molecular flexibility index (Phi) is 6.46. The van der Waals surface area contributed by atoms with Gasteiger partial charge in [0.2, 0.25) is 0 Å². The Labute approximate surface area is 336 Å². The molecule has 1 unspecified atom stereocenters. The van der Waals surface area contributed by atoms with Crippen LogP contribution < -0.4 is 10.1 Å². The average molecular weight is 738 g/mol. The van der Waals surface area contributed by atoms with Gasteiger partial charge in [-0.15, -0.1) is 0 Å². The van der Waals surface area contributed by atoms with Crippen molar-refractivity contribution in [2.45, 2.75) is 11.6 Å². The minimum absolute atomic E-state index is 0.221. The van der Waals surface area contributed by atoms with Crippen LogP contribution in [0.25, 0.3) is 76.8 Å². The highest BCUT2D eigenvalue weighted by molar-refractivity contribution is 6.14. The Morgan fingerprint density at radius 2 is 0.966 bits per heavy atom. The van der Waals surface area contributed by atoms with Crippen LogP contribution in [0.4, 0.5) is 5.69 Å². The summed E-state index contributed by atoms with van der Waals surface area (Å²) in [7, 11) is 0. The van der Waals surface area contributed by atoms with Crippen molar-refractivity contribution in [3.63, 3.8) is 0 Å². The van der Waals surface area contributed by atoms with Crippen LogP contribution in [-0.4, -0.2) is 0 Å². The second kappa shape index (κ2) is 11.8. The van der Waals surface area contributed by atoms with Gasteiger partial charge in [-0.05, 0) is 130 Å². The largest absolute Gasteiger partial charge is 0.464 e. The third-order valence-corrected chi connectivity index (χ3v) is 13.1. The number of hydrogen-bond donors (Lipinski definition) is 1. The van der Waals surface area contributed by atoms with Gasteiger partial charge in [0, 0.05) is 10.9 Å². The quantitative estimate of drug-likeness (QED) is 0.182. The molecule has 0 saturated heterocycles. The van der Waals surface area contributed by atoms with Gasteiger partial charge in [0.05, 0.1) is 11.1 Å². The molecule has 270 valence electrons. The summed E-state index contributed by atoms with van der Waals surface area (Å²) >= 11 is 0. The van der Waals surface area contributed by atoms with Crippen LogP contribution in [0.5, 0.6) is 5.75 Å². The third-order valence-electron chi connectivity index (χ3n) is 13.1. The molecule has 2 heteroatoms. The number of hydrogen-bond acceptors (Lipinski definition) is 2. The van der Waals surface area contributed by atoms with Gasteiger partial charge in [-0.1, -0.05) is 164 Å². The molecular formula is C56H35NO. The standard InChI is InChI=1S/C56H35NO/c1-2-11-36(12-3-1)55-57-52-28-26-35-23-21-34-22-24-41(30-46(34)53(35)54(52)58-55)37-15-10-16-38(29-37)42-25-27-45-47-31-39-13-4-5-14-40(39)32-51(47)56(50(45)33-42)48-19-8-6-17-43(48)44-18-7-9-20-49(44)56/h1-33,55,57H. The van der Waals surface area contributed by atoms with Crippen molar-refractivity contribution in [2.24, 2.45) is 0 Å². The lowest BCUT2D eigenvalue weighted by Gasteiger charge is -2.31. The van der Waals surface area contributed by atoms with Crippen molar-refractivity contribution in [3.8, 4) is 50.3 Å². The number of fused-ring (bicyclic) bond motifs is 16. The number of nitrogens with one attached hydrogen (secondary N) is 1. The first-order chi connectivity index (χ1) is 28.7.